The second kappa shape index (κ2) is 6.79. The van der Waals surface area contributed by atoms with E-state index in [4.69, 9.17) is 5.14 Å². The average Bonchev–Trinajstić information content (AvgIpc) is 2.90. The fourth-order valence-electron chi connectivity index (χ4n) is 2.54. The van der Waals surface area contributed by atoms with E-state index in [2.05, 4.69) is 11.7 Å². The third-order valence-corrected chi connectivity index (χ3v) is 4.85. The van der Waals surface area contributed by atoms with Gasteiger partial charge in [0.05, 0.1) is 26.1 Å². The number of benzene rings is 2. The minimum absolute atomic E-state index is 0.109. The van der Waals surface area contributed by atoms with E-state index in [0.717, 1.165) is 16.8 Å². The highest BCUT2D eigenvalue weighted by Gasteiger charge is 2.11. The number of nitro groups is 1. The van der Waals surface area contributed by atoms with Crippen molar-refractivity contribution in [2.24, 2.45) is 5.14 Å². The number of primary sulfonamides is 1. The number of sulfonamides is 1. The first-order valence-corrected chi connectivity index (χ1v) is 9.23. The lowest BCUT2D eigenvalue weighted by molar-refractivity contribution is -0.398. The second-order valence-corrected chi connectivity index (χ2v) is 7.37. The van der Waals surface area contributed by atoms with Crippen LogP contribution in [0.15, 0.2) is 52.2 Å². The van der Waals surface area contributed by atoms with Gasteiger partial charge in [0.25, 0.3) is 11.2 Å². The van der Waals surface area contributed by atoms with Crippen molar-refractivity contribution in [3.8, 4) is 11.4 Å². The summed E-state index contributed by atoms with van der Waals surface area (Å²) in [5.41, 5.74) is -0.497. The Bertz CT molecular complexity index is 1350. The van der Waals surface area contributed by atoms with Crippen molar-refractivity contribution >= 4 is 28.4 Å². The zero-order chi connectivity index (χ0) is 20.6. The van der Waals surface area contributed by atoms with Crippen LogP contribution < -0.4 is 26.4 Å². The summed E-state index contributed by atoms with van der Waals surface area (Å²) >= 11 is 0. The van der Waals surface area contributed by atoms with Gasteiger partial charge >= 0.3 is 0 Å². The molecule has 0 aliphatic carbocycles. The molecular weight excluding hydrogens is 388 g/mol. The first-order chi connectivity index (χ1) is 13.1. The van der Waals surface area contributed by atoms with Crippen molar-refractivity contribution in [1.82, 2.24) is 9.78 Å². The maximum atomic E-state index is 12.7. The summed E-state index contributed by atoms with van der Waals surface area (Å²) in [6.07, 6.45) is 1.36. The SMILES string of the molecule is C=c1[nH]n(-c2ccc(S(N)(=O)=O)cc2)c(=O)/c1=C\c1ccc([O-])c([N+](=O)[O-])c1. The molecule has 3 N–H and O–H groups in total. The van der Waals surface area contributed by atoms with Gasteiger partial charge in [-0.05, 0) is 41.7 Å². The van der Waals surface area contributed by atoms with E-state index in [1.54, 1.807) is 0 Å². The minimum atomic E-state index is -3.87. The number of hydrogen-bond donors (Lipinski definition) is 2. The Morgan fingerprint density at radius 1 is 1.18 bits per heavy atom. The van der Waals surface area contributed by atoms with Crippen LogP contribution >= 0.6 is 0 Å². The van der Waals surface area contributed by atoms with Crippen molar-refractivity contribution < 1.29 is 18.4 Å². The number of nitrogens with two attached hydrogens (primary N) is 1. The lowest BCUT2D eigenvalue weighted by Gasteiger charge is -2.05. The number of aromatic nitrogens is 2. The van der Waals surface area contributed by atoms with Crippen molar-refractivity contribution in [2.75, 3.05) is 0 Å². The number of hydrogen-bond acceptors (Lipinski definition) is 6. The number of rotatable bonds is 4. The Labute approximate surface area is 157 Å². The van der Waals surface area contributed by atoms with Crippen LogP contribution in [0.1, 0.15) is 5.56 Å². The maximum Gasteiger partial charge on any atom is 0.279 e. The molecule has 3 rings (SSSR count). The molecule has 11 heteroatoms. The van der Waals surface area contributed by atoms with Crippen molar-refractivity contribution in [2.45, 2.75) is 4.90 Å². The van der Waals surface area contributed by atoms with Gasteiger partial charge in [-0.3, -0.25) is 20.0 Å². The van der Waals surface area contributed by atoms with E-state index < -0.39 is 31.9 Å². The quantitative estimate of drug-likeness (QED) is 0.422. The van der Waals surface area contributed by atoms with Crippen LogP contribution in [0.3, 0.4) is 0 Å². The molecule has 0 saturated carbocycles. The fraction of sp³-hybridized carbons (Fsp3) is 0. The van der Waals surface area contributed by atoms with Gasteiger partial charge in [-0.25, -0.2) is 18.2 Å². The fourth-order valence-corrected chi connectivity index (χ4v) is 3.06. The number of H-pyrrole nitrogens is 1. The summed E-state index contributed by atoms with van der Waals surface area (Å²) in [5.74, 6) is -0.738. The molecule has 0 saturated heterocycles. The summed E-state index contributed by atoms with van der Waals surface area (Å²) in [4.78, 5) is 22.7. The lowest BCUT2D eigenvalue weighted by atomic mass is 10.1. The smallest absolute Gasteiger partial charge is 0.279 e. The topological polar surface area (TPSA) is 164 Å². The third kappa shape index (κ3) is 3.56. The maximum absolute atomic E-state index is 12.7. The highest BCUT2D eigenvalue weighted by molar-refractivity contribution is 7.89. The van der Waals surface area contributed by atoms with E-state index in [-0.39, 0.29) is 21.0 Å². The van der Waals surface area contributed by atoms with Gasteiger partial charge in [0.2, 0.25) is 10.0 Å². The van der Waals surface area contributed by atoms with Crippen LogP contribution in [0.4, 0.5) is 5.69 Å². The molecule has 0 atom stereocenters. The van der Waals surface area contributed by atoms with Crippen molar-refractivity contribution in [1.29, 1.82) is 0 Å². The Balaban J connectivity index is 2.12. The highest BCUT2D eigenvalue weighted by atomic mass is 32.2. The van der Waals surface area contributed by atoms with Crippen molar-refractivity contribution in [3.63, 3.8) is 0 Å². The van der Waals surface area contributed by atoms with Gasteiger partial charge in [0, 0.05) is 6.07 Å². The van der Waals surface area contributed by atoms with Gasteiger partial charge in [-0.1, -0.05) is 18.7 Å². The van der Waals surface area contributed by atoms with Crippen LogP contribution in [0.5, 0.6) is 5.75 Å². The summed E-state index contributed by atoms with van der Waals surface area (Å²) in [7, 11) is -3.87. The van der Waals surface area contributed by atoms with Gasteiger partial charge in [-0.2, -0.15) is 0 Å². The molecule has 2 aromatic carbocycles. The van der Waals surface area contributed by atoms with E-state index >= 15 is 0 Å². The summed E-state index contributed by atoms with van der Waals surface area (Å²) in [6, 6.07) is 8.74. The molecule has 0 bridgehead atoms. The summed E-state index contributed by atoms with van der Waals surface area (Å²) < 4.78 is 23.8. The van der Waals surface area contributed by atoms with Crippen LogP contribution in [0.25, 0.3) is 18.3 Å². The molecule has 0 aliphatic rings. The molecule has 10 nitrogen and oxygen atoms in total. The molecular formula is C17H13N4O6S-. The Hall–Kier alpha value is -3.70. The largest absolute Gasteiger partial charge is 0.868 e. The third-order valence-electron chi connectivity index (χ3n) is 3.92. The van der Waals surface area contributed by atoms with Crippen LogP contribution in [0.2, 0.25) is 0 Å². The lowest BCUT2D eigenvalue weighted by Crippen LogP contribution is -2.34. The van der Waals surface area contributed by atoms with E-state index in [9.17, 15) is 28.4 Å². The monoisotopic (exact) mass is 401 g/mol. The van der Waals surface area contributed by atoms with E-state index in [1.165, 1.54) is 36.4 Å². The predicted molar refractivity (Wildman–Crippen MR) is 98.6 cm³/mol. The van der Waals surface area contributed by atoms with Gasteiger partial charge < -0.3 is 5.11 Å². The zero-order valence-electron chi connectivity index (χ0n) is 14.2. The molecule has 28 heavy (non-hydrogen) atoms. The highest BCUT2D eigenvalue weighted by Crippen LogP contribution is 2.23. The number of nitrogens with zero attached hydrogens (tertiary/aromatic N) is 2. The Morgan fingerprint density at radius 2 is 1.82 bits per heavy atom. The van der Waals surface area contributed by atoms with Crippen LogP contribution in [-0.2, 0) is 10.0 Å². The van der Waals surface area contributed by atoms with Gasteiger partial charge in [0.15, 0.2) is 0 Å². The zero-order valence-corrected chi connectivity index (χ0v) is 15.0. The first kappa shape index (κ1) is 19.1. The van der Waals surface area contributed by atoms with Crippen LogP contribution in [-0.4, -0.2) is 23.1 Å². The molecule has 0 radical (unpaired) electrons. The van der Waals surface area contributed by atoms with E-state index in [0.29, 0.717) is 5.69 Å². The molecule has 0 amide bonds. The Kier molecular flexibility index (Phi) is 4.63. The molecule has 0 spiro atoms. The molecule has 0 unspecified atom stereocenters. The molecule has 144 valence electrons. The first-order valence-electron chi connectivity index (χ1n) is 7.68. The van der Waals surface area contributed by atoms with Gasteiger partial charge in [0.1, 0.15) is 0 Å². The second-order valence-electron chi connectivity index (χ2n) is 5.81. The Morgan fingerprint density at radius 3 is 2.39 bits per heavy atom. The molecule has 0 fully saturated rings. The standard InChI is InChI=1S/C17H14N4O6S/c1-10-14(8-11-2-7-16(22)15(9-11)21(24)25)17(23)20(19-10)12-3-5-13(6-4-12)28(18,26)27/h2-9,19,22H,1H2,(H2,18,26,27)/p-1/b14-8-. The predicted octanol–water partition coefficient (Wildman–Crippen LogP) is -0.966. The number of nitrogens with one attached hydrogen (secondary N) is 1. The van der Waals surface area contributed by atoms with Crippen molar-refractivity contribution in [3.05, 3.63) is 79.1 Å². The number of nitro benzene ring substituents is 1. The molecule has 0 aliphatic heterocycles. The molecule has 1 heterocycles. The summed E-state index contributed by atoms with van der Waals surface area (Å²) in [6.45, 7) is 3.74. The van der Waals surface area contributed by atoms with Gasteiger partial charge in [-0.15, -0.1) is 0 Å². The number of aromatic amines is 1. The minimum Gasteiger partial charge on any atom is -0.868 e. The summed E-state index contributed by atoms with van der Waals surface area (Å²) in [5, 5.41) is 30.5. The molecule has 1 aromatic heterocycles. The van der Waals surface area contributed by atoms with E-state index in [1.807, 2.05) is 0 Å². The molecule has 3 aromatic rings. The normalized spacial score (nSPS) is 12.2. The van der Waals surface area contributed by atoms with Crippen LogP contribution in [0, 0.1) is 10.1 Å². The average molecular weight is 401 g/mol.